The molecular weight excluding hydrogens is 314 g/mol. The maximum atomic E-state index is 12.4. The summed E-state index contributed by atoms with van der Waals surface area (Å²) in [6.07, 6.45) is 1.73. The number of amides is 3. The van der Waals surface area contributed by atoms with Gasteiger partial charge in [-0.2, -0.15) is 0 Å². The lowest BCUT2D eigenvalue weighted by Crippen LogP contribution is -2.52. The molecule has 1 N–H and O–H groups in total. The van der Waals surface area contributed by atoms with E-state index in [4.69, 9.17) is 11.6 Å². The van der Waals surface area contributed by atoms with Crippen LogP contribution in [-0.2, 0) is 4.79 Å². The molecule has 0 atom stereocenters. The highest BCUT2D eigenvalue weighted by atomic mass is 35.5. The first-order valence-corrected chi connectivity index (χ1v) is 8.53. The molecule has 1 fully saturated rings. The minimum atomic E-state index is -0.151. The molecule has 1 heterocycles. The molecule has 1 saturated heterocycles. The van der Waals surface area contributed by atoms with Gasteiger partial charge in [0.2, 0.25) is 5.91 Å². The largest absolute Gasteiger partial charge is 0.339 e. The van der Waals surface area contributed by atoms with Gasteiger partial charge in [0.1, 0.15) is 0 Å². The van der Waals surface area contributed by atoms with Crippen LogP contribution in [0.2, 0.25) is 5.02 Å². The van der Waals surface area contributed by atoms with Crippen LogP contribution in [0.4, 0.5) is 10.5 Å². The topological polar surface area (TPSA) is 52.7 Å². The quantitative estimate of drug-likeness (QED) is 0.914. The molecule has 0 saturated carbocycles. The number of piperazine rings is 1. The molecule has 2 rings (SSSR count). The van der Waals surface area contributed by atoms with Crippen molar-refractivity contribution in [2.24, 2.45) is 5.92 Å². The first-order chi connectivity index (χ1) is 11.0. The van der Waals surface area contributed by atoms with Gasteiger partial charge in [-0.1, -0.05) is 31.5 Å². The number of halogens is 1. The van der Waals surface area contributed by atoms with Gasteiger partial charge < -0.3 is 15.1 Å². The van der Waals surface area contributed by atoms with Crippen molar-refractivity contribution in [1.29, 1.82) is 0 Å². The Labute approximate surface area is 142 Å². The highest BCUT2D eigenvalue weighted by Gasteiger charge is 2.27. The molecule has 1 aromatic rings. The molecular formula is C17H24ClN3O2. The molecule has 1 aliphatic rings. The van der Waals surface area contributed by atoms with Crippen molar-refractivity contribution in [3.8, 4) is 0 Å². The van der Waals surface area contributed by atoms with Crippen molar-refractivity contribution in [3.05, 3.63) is 29.3 Å². The normalized spacial score (nSPS) is 15.0. The minimum absolute atomic E-state index is 0.0989. The third-order valence-electron chi connectivity index (χ3n) is 4.29. The molecule has 0 unspecified atom stereocenters. The third-order valence-corrected chi connectivity index (χ3v) is 4.52. The summed E-state index contributed by atoms with van der Waals surface area (Å²) in [4.78, 5) is 28.2. The number of rotatable bonds is 4. The first-order valence-electron chi connectivity index (χ1n) is 8.15. The molecule has 6 heteroatoms. The summed E-state index contributed by atoms with van der Waals surface area (Å²) in [7, 11) is 0. The second-order valence-corrected chi connectivity index (χ2v) is 6.20. The maximum Gasteiger partial charge on any atom is 0.321 e. The van der Waals surface area contributed by atoms with Gasteiger partial charge in [0.25, 0.3) is 0 Å². The Morgan fingerprint density at radius 2 is 1.74 bits per heavy atom. The number of urea groups is 1. The van der Waals surface area contributed by atoms with Gasteiger partial charge in [-0.15, -0.1) is 0 Å². The molecule has 0 bridgehead atoms. The van der Waals surface area contributed by atoms with Crippen molar-refractivity contribution < 1.29 is 9.59 Å². The Hall–Kier alpha value is -1.75. The van der Waals surface area contributed by atoms with Crippen LogP contribution in [0, 0.1) is 5.92 Å². The number of carbonyl (C=O) groups is 2. The second kappa shape index (κ2) is 8.20. The number of hydrogen-bond donors (Lipinski definition) is 1. The summed E-state index contributed by atoms with van der Waals surface area (Å²) < 4.78 is 0. The molecule has 3 amide bonds. The summed E-state index contributed by atoms with van der Waals surface area (Å²) in [5.41, 5.74) is 0.679. The van der Waals surface area contributed by atoms with E-state index in [1.54, 1.807) is 29.2 Å². The highest BCUT2D eigenvalue weighted by molar-refractivity contribution is 6.30. The van der Waals surface area contributed by atoms with Gasteiger partial charge in [0, 0.05) is 42.8 Å². The molecule has 0 radical (unpaired) electrons. The van der Waals surface area contributed by atoms with E-state index < -0.39 is 0 Å². The lowest BCUT2D eigenvalue weighted by atomic mass is 10.0. The molecule has 0 aliphatic carbocycles. The van der Waals surface area contributed by atoms with Crippen molar-refractivity contribution in [3.63, 3.8) is 0 Å². The van der Waals surface area contributed by atoms with E-state index in [2.05, 4.69) is 5.32 Å². The predicted molar refractivity (Wildman–Crippen MR) is 92.7 cm³/mol. The van der Waals surface area contributed by atoms with E-state index >= 15 is 0 Å². The van der Waals surface area contributed by atoms with Gasteiger partial charge in [-0.3, -0.25) is 4.79 Å². The van der Waals surface area contributed by atoms with Gasteiger partial charge >= 0.3 is 6.03 Å². The molecule has 23 heavy (non-hydrogen) atoms. The van der Waals surface area contributed by atoms with Gasteiger partial charge in [0.05, 0.1) is 0 Å². The van der Waals surface area contributed by atoms with E-state index in [-0.39, 0.29) is 17.9 Å². The van der Waals surface area contributed by atoms with E-state index in [0.717, 1.165) is 12.8 Å². The Morgan fingerprint density at radius 3 is 2.30 bits per heavy atom. The van der Waals surface area contributed by atoms with Crippen molar-refractivity contribution in [1.82, 2.24) is 9.80 Å². The number of benzene rings is 1. The van der Waals surface area contributed by atoms with Crippen LogP contribution in [0.15, 0.2) is 24.3 Å². The Balaban J connectivity index is 1.86. The summed E-state index contributed by atoms with van der Waals surface area (Å²) in [6, 6.07) is 6.93. The molecule has 1 aliphatic heterocycles. The Morgan fingerprint density at radius 1 is 1.13 bits per heavy atom. The third kappa shape index (κ3) is 4.61. The zero-order chi connectivity index (χ0) is 16.8. The van der Waals surface area contributed by atoms with Crippen molar-refractivity contribution in [2.75, 3.05) is 31.5 Å². The first kappa shape index (κ1) is 17.6. The van der Waals surface area contributed by atoms with Crippen LogP contribution >= 0.6 is 11.6 Å². The zero-order valence-corrected chi connectivity index (χ0v) is 14.5. The van der Waals surface area contributed by atoms with Crippen LogP contribution in [-0.4, -0.2) is 47.9 Å². The molecule has 0 spiro atoms. The molecule has 1 aromatic carbocycles. The minimum Gasteiger partial charge on any atom is -0.339 e. The number of carbonyl (C=O) groups excluding carboxylic acids is 2. The van der Waals surface area contributed by atoms with Crippen LogP contribution in [0.3, 0.4) is 0 Å². The number of hydrogen-bond acceptors (Lipinski definition) is 2. The molecule has 5 nitrogen and oxygen atoms in total. The zero-order valence-electron chi connectivity index (χ0n) is 13.7. The van der Waals surface area contributed by atoms with Crippen molar-refractivity contribution >= 4 is 29.2 Å². The fraction of sp³-hybridized carbons (Fsp3) is 0.529. The van der Waals surface area contributed by atoms with Gasteiger partial charge in [0.15, 0.2) is 0 Å². The van der Waals surface area contributed by atoms with E-state index in [0.29, 0.717) is 36.9 Å². The average Bonchev–Trinajstić information content (AvgIpc) is 2.56. The Bertz CT molecular complexity index is 553. The molecule has 126 valence electrons. The Kier molecular flexibility index (Phi) is 6.28. The van der Waals surface area contributed by atoms with Gasteiger partial charge in [-0.25, -0.2) is 4.79 Å². The number of anilines is 1. The fourth-order valence-electron chi connectivity index (χ4n) is 2.79. The average molecular weight is 338 g/mol. The summed E-state index contributed by atoms with van der Waals surface area (Å²) in [5.74, 6) is 0.312. The van der Waals surface area contributed by atoms with Crippen LogP contribution < -0.4 is 5.32 Å². The summed E-state index contributed by atoms with van der Waals surface area (Å²) >= 11 is 5.92. The van der Waals surface area contributed by atoms with E-state index in [1.165, 1.54) is 0 Å². The van der Waals surface area contributed by atoms with Gasteiger partial charge in [-0.05, 0) is 31.0 Å². The van der Waals surface area contributed by atoms with Crippen LogP contribution in [0.25, 0.3) is 0 Å². The number of nitrogens with zero attached hydrogens (tertiary/aromatic N) is 2. The SMILES string of the molecule is CCC(CC)C(=O)N1CCN(C(=O)Nc2cccc(Cl)c2)CC1. The summed E-state index contributed by atoms with van der Waals surface area (Å²) in [6.45, 7) is 6.38. The summed E-state index contributed by atoms with van der Waals surface area (Å²) in [5, 5.41) is 3.43. The highest BCUT2D eigenvalue weighted by Crippen LogP contribution is 2.17. The smallest absolute Gasteiger partial charge is 0.321 e. The van der Waals surface area contributed by atoms with E-state index in [1.807, 2.05) is 18.7 Å². The maximum absolute atomic E-state index is 12.4. The standard InChI is InChI=1S/C17H24ClN3O2/c1-3-13(4-2)16(22)20-8-10-21(11-9-20)17(23)19-15-7-5-6-14(18)12-15/h5-7,12-13H,3-4,8-11H2,1-2H3,(H,19,23). The van der Waals surface area contributed by atoms with Crippen molar-refractivity contribution in [2.45, 2.75) is 26.7 Å². The number of nitrogens with one attached hydrogen (secondary N) is 1. The second-order valence-electron chi connectivity index (χ2n) is 5.77. The lowest BCUT2D eigenvalue weighted by Gasteiger charge is -2.36. The van der Waals surface area contributed by atoms with Crippen LogP contribution in [0.1, 0.15) is 26.7 Å². The lowest BCUT2D eigenvalue weighted by molar-refractivity contribution is -0.137. The van der Waals surface area contributed by atoms with Crippen LogP contribution in [0.5, 0.6) is 0 Å². The van der Waals surface area contributed by atoms with E-state index in [9.17, 15) is 9.59 Å². The monoisotopic (exact) mass is 337 g/mol. The molecule has 0 aromatic heterocycles. The predicted octanol–water partition coefficient (Wildman–Crippen LogP) is 3.45. The fourth-order valence-corrected chi connectivity index (χ4v) is 2.99.